The number of anilines is 1. The molecule has 0 radical (unpaired) electrons. The zero-order chi connectivity index (χ0) is 14.8. The summed E-state index contributed by atoms with van der Waals surface area (Å²) in [5.74, 6) is -0.330. The van der Waals surface area contributed by atoms with E-state index in [2.05, 4.69) is 4.98 Å². The van der Waals surface area contributed by atoms with Gasteiger partial charge in [-0.15, -0.1) is 0 Å². The highest BCUT2D eigenvalue weighted by Gasteiger charge is 2.36. The molecule has 1 saturated heterocycles. The SMILES string of the molecule is O=C1S/C(=C\c2ccncc2)C(=O)N1c1ccc(Cl)cc1. The third-order valence-electron chi connectivity index (χ3n) is 2.88. The van der Waals surface area contributed by atoms with Gasteiger partial charge in [0.25, 0.3) is 11.1 Å². The van der Waals surface area contributed by atoms with Crippen LogP contribution >= 0.6 is 23.4 Å². The van der Waals surface area contributed by atoms with Crippen LogP contribution in [-0.4, -0.2) is 16.1 Å². The van der Waals surface area contributed by atoms with Crippen molar-refractivity contribution in [2.75, 3.05) is 4.90 Å². The van der Waals surface area contributed by atoms with Crippen molar-refractivity contribution in [2.24, 2.45) is 0 Å². The lowest BCUT2D eigenvalue weighted by Crippen LogP contribution is -2.27. The first kappa shape index (κ1) is 13.9. The van der Waals surface area contributed by atoms with Gasteiger partial charge in [-0.3, -0.25) is 14.6 Å². The van der Waals surface area contributed by atoms with E-state index >= 15 is 0 Å². The minimum atomic E-state index is -0.330. The van der Waals surface area contributed by atoms with E-state index in [4.69, 9.17) is 11.6 Å². The van der Waals surface area contributed by atoms with E-state index in [0.29, 0.717) is 15.6 Å². The van der Waals surface area contributed by atoms with Gasteiger partial charge in [0.2, 0.25) is 0 Å². The van der Waals surface area contributed by atoms with Crippen LogP contribution in [0.15, 0.2) is 53.7 Å². The number of carbonyl (C=O) groups is 2. The number of hydrogen-bond acceptors (Lipinski definition) is 4. The molecule has 3 rings (SSSR count). The fourth-order valence-corrected chi connectivity index (χ4v) is 2.86. The van der Waals surface area contributed by atoms with E-state index in [9.17, 15) is 9.59 Å². The summed E-state index contributed by atoms with van der Waals surface area (Å²) >= 11 is 6.74. The summed E-state index contributed by atoms with van der Waals surface area (Å²) in [5.41, 5.74) is 1.34. The second-order valence-corrected chi connectivity index (χ2v) is 5.70. The van der Waals surface area contributed by atoms with Crippen molar-refractivity contribution in [2.45, 2.75) is 0 Å². The zero-order valence-electron chi connectivity index (χ0n) is 10.7. The van der Waals surface area contributed by atoms with Crippen LogP contribution in [0.5, 0.6) is 0 Å². The highest BCUT2D eigenvalue weighted by molar-refractivity contribution is 8.19. The number of aromatic nitrogens is 1. The van der Waals surface area contributed by atoms with Crippen LogP contribution in [0.2, 0.25) is 5.02 Å². The van der Waals surface area contributed by atoms with Crippen LogP contribution in [0.4, 0.5) is 10.5 Å². The van der Waals surface area contributed by atoms with Gasteiger partial charge in [-0.1, -0.05) is 11.6 Å². The van der Waals surface area contributed by atoms with Crippen LogP contribution in [0.3, 0.4) is 0 Å². The average molecular weight is 317 g/mol. The smallest absolute Gasteiger partial charge is 0.268 e. The molecule has 0 atom stereocenters. The predicted octanol–water partition coefficient (Wildman–Crippen LogP) is 3.98. The molecule has 0 N–H and O–H groups in total. The maximum atomic E-state index is 12.4. The number of benzene rings is 1. The number of rotatable bonds is 2. The Morgan fingerprint density at radius 1 is 1.05 bits per heavy atom. The van der Waals surface area contributed by atoms with E-state index < -0.39 is 0 Å². The third-order valence-corrected chi connectivity index (χ3v) is 4.00. The number of imide groups is 1. The second kappa shape index (κ2) is 5.71. The van der Waals surface area contributed by atoms with Crippen molar-refractivity contribution in [3.63, 3.8) is 0 Å². The maximum Gasteiger partial charge on any atom is 0.298 e. The Bertz CT molecular complexity index is 729. The molecule has 1 aromatic heterocycles. The van der Waals surface area contributed by atoms with Crippen LogP contribution in [0.1, 0.15) is 5.56 Å². The molecule has 2 aromatic rings. The first-order valence-electron chi connectivity index (χ1n) is 6.09. The van der Waals surface area contributed by atoms with E-state index in [1.54, 1.807) is 54.9 Å². The van der Waals surface area contributed by atoms with Gasteiger partial charge in [-0.05, 0) is 59.8 Å². The molecule has 0 saturated carbocycles. The Morgan fingerprint density at radius 2 is 1.71 bits per heavy atom. The molecule has 0 aliphatic carbocycles. The first-order chi connectivity index (χ1) is 10.1. The normalized spacial score (nSPS) is 16.8. The monoisotopic (exact) mass is 316 g/mol. The van der Waals surface area contributed by atoms with Gasteiger partial charge in [0.1, 0.15) is 0 Å². The molecular formula is C15H9ClN2O2S. The number of pyridine rings is 1. The van der Waals surface area contributed by atoms with Crippen molar-refractivity contribution in [1.82, 2.24) is 4.98 Å². The number of thioether (sulfide) groups is 1. The Morgan fingerprint density at radius 3 is 2.38 bits per heavy atom. The second-order valence-electron chi connectivity index (χ2n) is 4.27. The standard InChI is InChI=1S/C15H9ClN2O2S/c16-11-1-3-12(4-2-11)18-14(19)13(21-15(18)20)9-10-5-7-17-8-6-10/h1-9H/b13-9-. The van der Waals surface area contributed by atoms with Gasteiger partial charge in [0.15, 0.2) is 0 Å². The molecule has 0 spiro atoms. The molecule has 21 heavy (non-hydrogen) atoms. The van der Waals surface area contributed by atoms with Crippen molar-refractivity contribution in [1.29, 1.82) is 0 Å². The Kier molecular flexibility index (Phi) is 3.77. The number of amides is 2. The molecule has 104 valence electrons. The highest BCUT2D eigenvalue weighted by Crippen LogP contribution is 2.35. The maximum absolute atomic E-state index is 12.4. The van der Waals surface area contributed by atoms with Gasteiger partial charge in [0, 0.05) is 17.4 Å². The molecule has 2 amide bonds. The fraction of sp³-hybridized carbons (Fsp3) is 0. The topological polar surface area (TPSA) is 50.3 Å². The molecule has 0 bridgehead atoms. The van der Waals surface area contributed by atoms with E-state index in [-0.39, 0.29) is 11.1 Å². The van der Waals surface area contributed by atoms with Crippen LogP contribution in [0, 0.1) is 0 Å². The molecule has 1 aliphatic rings. The minimum absolute atomic E-state index is 0.317. The Labute approximate surface area is 130 Å². The largest absolute Gasteiger partial charge is 0.298 e. The summed E-state index contributed by atoms with van der Waals surface area (Å²) < 4.78 is 0. The first-order valence-corrected chi connectivity index (χ1v) is 7.28. The summed E-state index contributed by atoms with van der Waals surface area (Å²) in [6.07, 6.45) is 4.95. The summed E-state index contributed by atoms with van der Waals surface area (Å²) in [5, 5.41) is 0.237. The summed E-state index contributed by atoms with van der Waals surface area (Å²) in [6, 6.07) is 10.1. The number of nitrogens with zero attached hydrogens (tertiary/aromatic N) is 2. The molecule has 1 aliphatic heterocycles. The zero-order valence-corrected chi connectivity index (χ0v) is 12.3. The molecule has 1 aromatic carbocycles. The van der Waals surface area contributed by atoms with Crippen molar-refractivity contribution in [3.05, 3.63) is 64.3 Å². The van der Waals surface area contributed by atoms with Gasteiger partial charge < -0.3 is 0 Å². The Hall–Kier alpha value is -2.11. The lowest BCUT2D eigenvalue weighted by Gasteiger charge is -2.12. The average Bonchev–Trinajstić information content (AvgIpc) is 2.76. The van der Waals surface area contributed by atoms with E-state index in [1.165, 1.54) is 0 Å². The van der Waals surface area contributed by atoms with Gasteiger partial charge >= 0.3 is 0 Å². The van der Waals surface area contributed by atoms with Crippen molar-refractivity contribution >= 4 is 46.3 Å². The molecule has 4 nitrogen and oxygen atoms in total. The molecule has 0 unspecified atom stereocenters. The van der Waals surface area contributed by atoms with E-state index in [1.807, 2.05) is 0 Å². The molecule has 6 heteroatoms. The number of carbonyl (C=O) groups excluding carboxylic acids is 2. The number of halogens is 1. The lowest BCUT2D eigenvalue weighted by atomic mass is 10.2. The molecule has 1 fully saturated rings. The van der Waals surface area contributed by atoms with Crippen molar-refractivity contribution in [3.8, 4) is 0 Å². The third kappa shape index (κ3) is 2.84. The van der Waals surface area contributed by atoms with Crippen molar-refractivity contribution < 1.29 is 9.59 Å². The molecular weight excluding hydrogens is 308 g/mol. The summed E-state index contributed by atoms with van der Waals surface area (Å²) in [4.78, 5) is 29.9. The summed E-state index contributed by atoms with van der Waals surface area (Å²) in [7, 11) is 0. The van der Waals surface area contributed by atoms with E-state index in [0.717, 1.165) is 22.2 Å². The van der Waals surface area contributed by atoms with Gasteiger partial charge in [-0.25, -0.2) is 4.90 Å². The Balaban J connectivity index is 1.92. The minimum Gasteiger partial charge on any atom is -0.268 e. The van der Waals surface area contributed by atoms with Crippen LogP contribution in [-0.2, 0) is 4.79 Å². The molecule has 2 heterocycles. The lowest BCUT2D eigenvalue weighted by molar-refractivity contribution is -0.113. The fourth-order valence-electron chi connectivity index (χ4n) is 1.89. The predicted molar refractivity (Wildman–Crippen MR) is 84.1 cm³/mol. The van der Waals surface area contributed by atoms with Crippen LogP contribution < -0.4 is 4.90 Å². The van der Waals surface area contributed by atoms with Crippen LogP contribution in [0.25, 0.3) is 6.08 Å². The highest BCUT2D eigenvalue weighted by atomic mass is 35.5. The quantitative estimate of drug-likeness (QED) is 0.786. The van der Waals surface area contributed by atoms with Gasteiger partial charge in [0.05, 0.1) is 10.6 Å². The summed E-state index contributed by atoms with van der Waals surface area (Å²) in [6.45, 7) is 0. The number of hydrogen-bond donors (Lipinski definition) is 0. The van der Waals surface area contributed by atoms with Gasteiger partial charge in [-0.2, -0.15) is 0 Å².